The number of nitrogens with one attached hydrogen (secondary N) is 3. The van der Waals surface area contributed by atoms with Crippen molar-refractivity contribution in [2.45, 2.75) is 95.7 Å². The number of alkyl carbamates (subject to hydrolysis) is 1. The molecule has 70 heavy (non-hydrogen) atoms. The first-order valence-electron chi connectivity index (χ1n) is 21.8. The van der Waals surface area contributed by atoms with E-state index in [4.69, 9.17) is 23.9 Å². The number of ether oxygens (including phenoxy) is 4. The van der Waals surface area contributed by atoms with Gasteiger partial charge < -0.3 is 65.0 Å². The lowest BCUT2D eigenvalue weighted by Crippen LogP contribution is -2.61. The smallest absolute Gasteiger partial charge is 0.407 e. The summed E-state index contributed by atoms with van der Waals surface area (Å²) in [7, 11) is 0. The van der Waals surface area contributed by atoms with Crippen molar-refractivity contribution >= 4 is 58.3 Å². The zero-order valence-corrected chi connectivity index (χ0v) is 37.2. The van der Waals surface area contributed by atoms with Crippen molar-refractivity contribution in [3.63, 3.8) is 0 Å². The number of hydrogen-bond acceptors (Lipinski definition) is 17. The van der Waals surface area contributed by atoms with Crippen LogP contribution in [0.2, 0.25) is 0 Å². The molecule has 8 rings (SSSR count). The molecule has 1 fully saturated rings. The zero-order valence-electron chi connectivity index (χ0n) is 37.2. The van der Waals surface area contributed by atoms with E-state index in [0.717, 1.165) is 17.1 Å². The van der Waals surface area contributed by atoms with Crippen LogP contribution in [0.1, 0.15) is 59.6 Å². The molecule has 5 amide bonds. The van der Waals surface area contributed by atoms with Gasteiger partial charge in [0.25, 0.3) is 17.4 Å². The number of benzene rings is 2. The summed E-state index contributed by atoms with van der Waals surface area (Å²) in [4.78, 5) is 106. The Bertz CT molecular complexity index is 2960. The number of aliphatic carboxylic acids is 1. The lowest BCUT2D eigenvalue weighted by Gasteiger charge is -2.38. The standard InChI is InChI=1S/C46H45FN6O17/c1-3-46(66)26-14-30-36-24(17-53(30)41(61)25(26)19-67-44(46)64)23(22-12-20(2)27(47)15-28(22)51-36)16-49-45(65)68-18-21-4-5-31(69-43-39(60)37(58)38(59)40(70-43)42(62)63)29(13-21)50-33(55)8-10-48-32(54)9-11-52-34(56)6-7-35(52)57/h4-7,12-15,37-40,43,58-60,66H,3,8-11,16-19H2,1-2H3,(H,48,54)(H,49,65)(H,50,55)(H,62,63)/t37-,38-,39+,40-,43+,46-/m0/s1. The predicted molar refractivity (Wildman–Crippen MR) is 234 cm³/mol. The predicted octanol–water partition coefficient (Wildman–Crippen LogP) is -0.0156. The quantitative estimate of drug-likeness (QED) is 0.0505. The molecule has 0 unspecified atom stereocenters. The highest BCUT2D eigenvalue weighted by atomic mass is 19.1. The zero-order chi connectivity index (χ0) is 50.3. The van der Waals surface area contributed by atoms with Crippen molar-refractivity contribution in [1.29, 1.82) is 0 Å². The Labute approximate surface area is 394 Å². The van der Waals surface area contributed by atoms with Crippen LogP contribution in [0.5, 0.6) is 5.75 Å². The van der Waals surface area contributed by atoms with Gasteiger partial charge in [0.1, 0.15) is 43.1 Å². The molecule has 24 heteroatoms. The number of carbonyl (C=O) groups is 7. The highest BCUT2D eigenvalue weighted by molar-refractivity contribution is 6.13. The van der Waals surface area contributed by atoms with Gasteiger partial charge in [0.2, 0.25) is 18.1 Å². The second kappa shape index (κ2) is 19.4. The number of rotatable bonds is 15. The summed E-state index contributed by atoms with van der Waals surface area (Å²) in [6.07, 6.45) is -9.36. The summed E-state index contributed by atoms with van der Waals surface area (Å²) in [5, 5.41) is 60.1. The first-order chi connectivity index (χ1) is 33.3. The molecule has 8 N–H and O–H groups in total. The number of carboxylic acid groups (broad SMARTS) is 1. The van der Waals surface area contributed by atoms with E-state index in [9.17, 15) is 68.3 Å². The van der Waals surface area contributed by atoms with Crippen LogP contribution in [-0.2, 0) is 74.9 Å². The van der Waals surface area contributed by atoms with Gasteiger partial charge in [-0.25, -0.2) is 23.8 Å². The van der Waals surface area contributed by atoms with Crippen molar-refractivity contribution in [2.75, 3.05) is 18.4 Å². The fourth-order valence-corrected chi connectivity index (χ4v) is 8.48. The van der Waals surface area contributed by atoms with E-state index in [-0.39, 0.29) is 103 Å². The lowest BCUT2D eigenvalue weighted by molar-refractivity contribution is -0.271. The molecule has 368 valence electrons. The van der Waals surface area contributed by atoms with E-state index >= 15 is 0 Å². The average Bonchev–Trinajstić information content (AvgIpc) is 3.86. The van der Waals surface area contributed by atoms with Gasteiger partial charge >= 0.3 is 18.0 Å². The Kier molecular flexibility index (Phi) is 13.5. The van der Waals surface area contributed by atoms with Crippen LogP contribution in [-0.4, -0.2) is 125 Å². The third-order valence-electron chi connectivity index (χ3n) is 12.4. The highest BCUT2D eigenvalue weighted by Gasteiger charge is 2.49. The number of carbonyl (C=O) groups excluding carboxylic acids is 6. The van der Waals surface area contributed by atoms with E-state index in [2.05, 4.69) is 16.0 Å². The summed E-state index contributed by atoms with van der Waals surface area (Å²) >= 11 is 0. The van der Waals surface area contributed by atoms with E-state index in [1.165, 1.54) is 34.9 Å². The van der Waals surface area contributed by atoms with E-state index < -0.39 is 96.0 Å². The summed E-state index contributed by atoms with van der Waals surface area (Å²) in [5.74, 6) is -5.78. The van der Waals surface area contributed by atoms with Crippen molar-refractivity contribution in [2.24, 2.45) is 0 Å². The number of imide groups is 1. The van der Waals surface area contributed by atoms with E-state index in [0.29, 0.717) is 16.5 Å². The number of carboxylic acids is 1. The van der Waals surface area contributed by atoms with Gasteiger partial charge in [0.05, 0.1) is 34.7 Å². The third-order valence-corrected chi connectivity index (χ3v) is 12.4. The van der Waals surface area contributed by atoms with Crippen LogP contribution in [0.15, 0.2) is 53.3 Å². The average molecular weight is 973 g/mol. The maximum absolute atomic E-state index is 15.0. The summed E-state index contributed by atoms with van der Waals surface area (Å²) < 4.78 is 38.0. The van der Waals surface area contributed by atoms with Gasteiger partial charge in [-0.2, -0.15) is 0 Å². The Morgan fingerprint density at radius 1 is 0.943 bits per heavy atom. The highest BCUT2D eigenvalue weighted by Crippen LogP contribution is 2.41. The molecule has 1 saturated heterocycles. The summed E-state index contributed by atoms with van der Waals surface area (Å²) in [6, 6.07) is 8.20. The molecule has 4 aliphatic heterocycles. The first-order valence-corrected chi connectivity index (χ1v) is 21.8. The molecule has 0 bridgehead atoms. The molecular weight excluding hydrogens is 928 g/mol. The number of anilines is 1. The fourth-order valence-electron chi connectivity index (χ4n) is 8.48. The molecule has 4 aliphatic rings. The van der Waals surface area contributed by atoms with Crippen LogP contribution in [0.25, 0.3) is 22.3 Å². The number of pyridine rings is 2. The Hall–Kier alpha value is -7.64. The number of esters is 1. The first kappa shape index (κ1) is 48.8. The van der Waals surface area contributed by atoms with Crippen molar-refractivity contribution in [3.05, 3.63) is 98.1 Å². The molecule has 0 saturated carbocycles. The van der Waals surface area contributed by atoms with Crippen LogP contribution in [0, 0.1) is 12.7 Å². The minimum atomic E-state index is -2.09. The van der Waals surface area contributed by atoms with Crippen molar-refractivity contribution in [3.8, 4) is 17.1 Å². The maximum Gasteiger partial charge on any atom is 0.407 e. The number of halogens is 1. The van der Waals surface area contributed by atoms with Gasteiger partial charge in [-0.1, -0.05) is 13.0 Å². The normalized spacial score (nSPS) is 22.2. The van der Waals surface area contributed by atoms with Crippen LogP contribution in [0.4, 0.5) is 14.9 Å². The number of aliphatic hydroxyl groups excluding tert-OH is 3. The minimum absolute atomic E-state index is 0.0313. The van der Waals surface area contributed by atoms with Crippen molar-refractivity contribution < 1.29 is 82.4 Å². The van der Waals surface area contributed by atoms with Crippen LogP contribution < -0.4 is 26.2 Å². The molecule has 2 aromatic carbocycles. The summed E-state index contributed by atoms with van der Waals surface area (Å²) in [5.41, 5.74) is -0.399. The number of aromatic nitrogens is 2. The summed E-state index contributed by atoms with van der Waals surface area (Å²) in [6.45, 7) is 1.68. The van der Waals surface area contributed by atoms with Crippen molar-refractivity contribution in [1.82, 2.24) is 25.1 Å². The van der Waals surface area contributed by atoms with Crippen LogP contribution >= 0.6 is 0 Å². The third kappa shape index (κ3) is 9.28. The molecule has 4 aromatic rings. The number of aliphatic hydroxyl groups is 4. The number of nitrogens with zero attached hydrogens (tertiary/aromatic N) is 3. The van der Waals surface area contributed by atoms with E-state index in [1.807, 2.05) is 0 Å². The number of cyclic esters (lactones) is 1. The largest absolute Gasteiger partial charge is 0.479 e. The lowest BCUT2D eigenvalue weighted by atomic mass is 9.86. The minimum Gasteiger partial charge on any atom is -0.479 e. The van der Waals surface area contributed by atoms with Gasteiger partial charge in [-0.05, 0) is 54.3 Å². The number of amides is 5. The Morgan fingerprint density at radius 3 is 2.40 bits per heavy atom. The number of hydrogen-bond donors (Lipinski definition) is 8. The second-order valence-electron chi connectivity index (χ2n) is 16.8. The van der Waals surface area contributed by atoms with Crippen LogP contribution in [0.3, 0.4) is 0 Å². The monoisotopic (exact) mass is 972 g/mol. The molecule has 0 aliphatic carbocycles. The fraction of sp³-hybridized carbons (Fsp3) is 0.370. The second-order valence-corrected chi connectivity index (χ2v) is 16.8. The Balaban J connectivity index is 0.987. The van der Waals surface area contributed by atoms with Gasteiger partial charge in [0.15, 0.2) is 11.7 Å². The topological polar surface area (TPSA) is 332 Å². The number of fused-ring (bicyclic) bond motifs is 5. The molecular formula is C46H45FN6O17. The van der Waals surface area contributed by atoms with Gasteiger partial charge in [-0.15, -0.1) is 0 Å². The van der Waals surface area contributed by atoms with E-state index in [1.54, 1.807) is 19.9 Å². The van der Waals surface area contributed by atoms with Gasteiger partial charge in [0, 0.05) is 67.2 Å². The molecule has 0 radical (unpaired) electrons. The SMILES string of the molecule is CC[C@@]1(O)C(=O)OCc2c1cc1n(c2=O)Cc2c-1nc1cc(F)c(C)cc1c2CNC(=O)OCc1ccc(O[C@@H]2O[C@H](C(=O)O)[C@@H](O)[C@H](O)[C@H]2O)c(NC(=O)CCNC(=O)CCN2C(=O)C=CC2=O)c1. The molecule has 23 nitrogen and oxygen atoms in total. The number of aryl methyl sites for hydroxylation is 1. The molecule has 6 atom stereocenters. The molecule has 2 aromatic heterocycles. The maximum atomic E-state index is 15.0. The molecule has 0 spiro atoms. The molecule has 6 heterocycles. The van der Waals surface area contributed by atoms with Gasteiger partial charge in [-0.3, -0.25) is 28.9 Å². The Morgan fingerprint density at radius 2 is 1.69 bits per heavy atom.